The average molecular weight is 486 g/mol. The molecule has 0 radical (unpaired) electrons. The molecular weight excluding hydrogens is 458 g/mol. The Hall–Kier alpha value is -3.62. The number of hydrogen-bond acceptors (Lipinski definition) is 7. The van der Waals surface area contributed by atoms with Crippen molar-refractivity contribution in [2.45, 2.75) is 39.2 Å². The molecule has 3 heterocycles. The fraction of sp³-hybridized carbons (Fsp3) is 0.259. The molecule has 35 heavy (non-hydrogen) atoms. The Balaban J connectivity index is 1.55. The second-order valence-corrected chi connectivity index (χ2v) is 10.7. The molecule has 1 atom stereocenters. The van der Waals surface area contributed by atoms with Crippen LogP contribution in [0.4, 0.5) is 5.13 Å². The highest BCUT2D eigenvalue weighted by Crippen LogP contribution is 2.52. The van der Waals surface area contributed by atoms with Crippen LogP contribution in [0.15, 0.2) is 66.2 Å². The van der Waals surface area contributed by atoms with Crippen molar-refractivity contribution in [3.05, 3.63) is 82.9 Å². The fourth-order valence-corrected chi connectivity index (χ4v) is 4.90. The molecule has 2 aromatic heterocycles. The summed E-state index contributed by atoms with van der Waals surface area (Å²) in [5.74, 6) is 0.793. The van der Waals surface area contributed by atoms with Gasteiger partial charge in [-0.15, -0.1) is 10.2 Å². The maximum atomic E-state index is 13.4. The van der Waals surface area contributed by atoms with Crippen LogP contribution in [0, 0.1) is 5.41 Å². The summed E-state index contributed by atoms with van der Waals surface area (Å²) in [6, 6.07) is 19.9. The Morgan fingerprint density at radius 3 is 2.43 bits per heavy atom. The summed E-state index contributed by atoms with van der Waals surface area (Å²) in [5.41, 5.74) is 11.2. The number of pyridine rings is 1. The van der Waals surface area contributed by atoms with Crippen LogP contribution in [0.25, 0.3) is 11.3 Å². The Bertz CT molecular complexity index is 1380. The standard InChI is InChI=1S/C27H27N5O2S/c1-26(2,24(33)31-25-32-29-15-35-25)22-18-7-5-6-8-21(18)34-23-19(22)13-14-20(30-23)16-9-11-17(12-10-16)27(3,4)28/h5-15,22H,28H2,1-4H3,(H,31,32,33)/t22-/m0/s1. The number of para-hydroxylation sites is 1. The highest BCUT2D eigenvalue weighted by atomic mass is 32.1. The second-order valence-electron chi connectivity index (χ2n) is 9.88. The van der Waals surface area contributed by atoms with Crippen LogP contribution in [0.5, 0.6) is 11.6 Å². The van der Waals surface area contributed by atoms with Gasteiger partial charge in [0.05, 0.1) is 11.1 Å². The molecule has 0 aliphatic carbocycles. The molecule has 8 heteroatoms. The van der Waals surface area contributed by atoms with Crippen LogP contribution in [0.2, 0.25) is 0 Å². The number of amides is 1. The van der Waals surface area contributed by atoms with Gasteiger partial charge in [-0.3, -0.25) is 4.79 Å². The lowest BCUT2D eigenvalue weighted by Gasteiger charge is -2.37. The average Bonchev–Trinajstić information content (AvgIpc) is 3.34. The molecule has 7 nitrogen and oxygen atoms in total. The van der Waals surface area contributed by atoms with Gasteiger partial charge < -0.3 is 15.8 Å². The van der Waals surface area contributed by atoms with Gasteiger partial charge in [0.1, 0.15) is 11.3 Å². The predicted octanol–water partition coefficient (Wildman–Crippen LogP) is 5.70. The van der Waals surface area contributed by atoms with Gasteiger partial charge in [-0.05, 0) is 31.5 Å². The third-order valence-electron chi connectivity index (χ3n) is 6.45. The van der Waals surface area contributed by atoms with E-state index in [0.29, 0.717) is 16.8 Å². The first-order valence-electron chi connectivity index (χ1n) is 11.4. The molecule has 0 unspecified atom stereocenters. The van der Waals surface area contributed by atoms with Gasteiger partial charge in [0.2, 0.25) is 16.9 Å². The Kier molecular flexibility index (Phi) is 5.65. The van der Waals surface area contributed by atoms with Crippen LogP contribution in [-0.4, -0.2) is 21.1 Å². The zero-order chi connectivity index (χ0) is 24.8. The normalized spacial score (nSPS) is 15.1. The number of nitrogens with one attached hydrogen (secondary N) is 1. The van der Waals surface area contributed by atoms with E-state index in [1.165, 1.54) is 11.3 Å². The van der Waals surface area contributed by atoms with E-state index in [2.05, 4.69) is 15.5 Å². The van der Waals surface area contributed by atoms with E-state index >= 15 is 0 Å². The second kappa shape index (κ2) is 8.55. The van der Waals surface area contributed by atoms with E-state index in [1.807, 2.05) is 88.4 Å². The van der Waals surface area contributed by atoms with Crippen LogP contribution in [0.3, 0.4) is 0 Å². The minimum atomic E-state index is -0.822. The summed E-state index contributed by atoms with van der Waals surface area (Å²) in [6.45, 7) is 7.82. The van der Waals surface area contributed by atoms with Crippen molar-refractivity contribution in [1.82, 2.24) is 15.2 Å². The van der Waals surface area contributed by atoms with Crippen molar-refractivity contribution in [3.63, 3.8) is 0 Å². The molecule has 0 spiro atoms. The third-order valence-corrected chi connectivity index (χ3v) is 7.06. The van der Waals surface area contributed by atoms with E-state index in [1.54, 1.807) is 5.51 Å². The molecule has 4 aromatic rings. The highest BCUT2D eigenvalue weighted by molar-refractivity contribution is 7.13. The van der Waals surface area contributed by atoms with Gasteiger partial charge in [-0.2, -0.15) is 0 Å². The number of benzene rings is 2. The molecule has 1 aliphatic rings. The molecule has 5 rings (SSSR count). The van der Waals surface area contributed by atoms with E-state index in [0.717, 1.165) is 27.9 Å². The van der Waals surface area contributed by atoms with Crippen LogP contribution >= 0.6 is 11.3 Å². The predicted molar refractivity (Wildman–Crippen MR) is 138 cm³/mol. The molecule has 0 saturated heterocycles. The number of hydrogen-bond donors (Lipinski definition) is 2. The zero-order valence-corrected chi connectivity index (χ0v) is 20.9. The summed E-state index contributed by atoms with van der Waals surface area (Å²) in [5, 5.41) is 11.2. The van der Waals surface area contributed by atoms with Crippen LogP contribution in [0.1, 0.15) is 50.3 Å². The minimum absolute atomic E-state index is 0.147. The topological polar surface area (TPSA) is 103 Å². The quantitative estimate of drug-likeness (QED) is 0.376. The smallest absolute Gasteiger partial charge is 0.232 e. The van der Waals surface area contributed by atoms with Gasteiger partial charge in [0.15, 0.2) is 0 Å². The lowest BCUT2D eigenvalue weighted by molar-refractivity contribution is -0.124. The molecule has 3 N–H and O–H groups in total. The maximum Gasteiger partial charge on any atom is 0.232 e. The van der Waals surface area contributed by atoms with Crippen LogP contribution in [-0.2, 0) is 10.3 Å². The number of aromatic nitrogens is 3. The summed E-state index contributed by atoms with van der Waals surface area (Å²) < 4.78 is 6.25. The number of anilines is 1. The minimum Gasteiger partial charge on any atom is -0.438 e. The number of nitrogens with zero attached hydrogens (tertiary/aromatic N) is 3. The summed E-state index contributed by atoms with van der Waals surface area (Å²) >= 11 is 1.29. The monoisotopic (exact) mass is 485 g/mol. The van der Waals surface area contributed by atoms with Gasteiger partial charge in [0, 0.05) is 28.1 Å². The lowest BCUT2D eigenvalue weighted by atomic mass is 9.69. The molecule has 1 amide bonds. The first kappa shape index (κ1) is 23.1. The first-order chi connectivity index (χ1) is 16.6. The summed E-state index contributed by atoms with van der Waals surface area (Å²) in [6.07, 6.45) is 0. The van der Waals surface area contributed by atoms with E-state index in [4.69, 9.17) is 15.5 Å². The largest absolute Gasteiger partial charge is 0.438 e. The molecule has 2 aromatic carbocycles. The lowest BCUT2D eigenvalue weighted by Crippen LogP contribution is -2.38. The zero-order valence-electron chi connectivity index (χ0n) is 20.1. The van der Waals surface area contributed by atoms with Crippen molar-refractivity contribution in [2.75, 3.05) is 5.32 Å². The van der Waals surface area contributed by atoms with Crippen molar-refractivity contribution in [2.24, 2.45) is 11.1 Å². The summed E-state index contributed by atoms with van der Waals surface area (Å²) in [7, 11) is 0. The first-order valence-corrected chi connectivity index (χ1v) is 12.3. The van der Waals surface area contributed by atoms with Crippen molar-refractivity contribution in [3.8, 4) is 22.9 Å². The Labute approximate surface area is 208 Å². The highest BCUT2D eigenvalue weighted by Gasteiger charge is 2.44. The van der Waals surface area contributed by atoms with E-state index in [9.17, 15) is 4.79 Å². The van der Waals surface area contributed by atoms with Crippen molar-refractivity contribution >= 4 is 22.4 Å². The molecule has 0 fully saturated rings. The van der Waals surface area contributed by atoms with Gasteiger partial charge in [-0.1, -0.05) is 73.7 Å². The third kappa shape index (κ3) is 4.31. The number of nitrogens with two attached hydrogens (primary N) is 1. The number of carbonyl (C=O) groups is 1. The number of carbonyl (C=O) groups excluding carboxylic acids is 1. The van der Waals surface area contributed by atoms with Crippen molar-refractivity contribution < 1.29 is 9.53 Å². The van der Waals surface area contributed by atoms with Gasteiger partial charge in [-0.25, -0.2) is 4.98 Å². The molecule has 178 valence electrons. The summed E-state index contributed by atoms with van der Waals surface area (Å²) in [4.78, 5) is 18.3. The number of rotatable bonds is 5. The molecular formula is C27H27N5O2S. The van der Waals surface area contributed by atoms with Crippen molar-refractivity contribution in [1.29, 1.82) is 0 Å². The maximum absolute atomic E-state index is 13.4. The Morgan fingerprint density at radius 1 is 1.00 bits per heavy atom. The Morgan fingerprint density at radius 2 is 1.74 bits per heavy atom. The van der Waals surface area contributed by atoms with E-state index in [-0.39, 0.29) is 11.8 Å². The molecule has 1 aliphatic heterocycles. The molecule has 0 bridgehead atoms. The van der Waals surface area contributed by atoms with Gasteiger partial charge >= 0.3 is 0 Å². The number of fused-ring (bicyclic) bond motifs is 2. The van der Waals surface area contributed by atoms with Crippen LogP contribution < -0.4 is 15.8 Å². The fourth-order valence-electron chi connectivity index (χ4n) is 4.46. The SMILES string of the molecule is CC(C)(N)c1ccc(-c2ccc3c(n2)Oc2ccccc2[C@@H]3C(C)(C)C(=O)Nc2nncs2)cc1. The molecule has 0 saturated carbocycles. The van der Waals surface area contributed by atoms with Gasteiger partial charge in [0.25, 0.3) is 0 Å². The number of ether oxygens (including phenoxy) is 1. The van der Waals surface area contributed by atoms with E-state index < -0.39 is 11.0 Å².